The molecule has 3 N–H and O–H groups in total. The molecule has 1 saturated carbocycles. The van der Waals surface area contributed by atoms with Crippen LogP contribution in [0.4, 0.5) is 10.1 Å². The SMILES string of the molecule is [B]C([B])([B])OC[C@]12C[C@H]1[C@@](C)(c1cc(NC(=O)c3ncc(OCC#C)nc3C)cnc1F)N=C(N)S2. The fourth-order valence-corrected chi connectivity index (χ4v) is 5.65. The zero-order valence-corrected chi connectivity index (χ0v) is 20.4. The van der Waals surface area contributed by atoms with E-state index in [2.05, 4.69) is 31.2 Å². The maximum Gasteiger partial charge on any atom is 0.276 e. The second-order valence-corrected chi connectivity index (χ2v) is 10.3. The van der Waals surface area contributed by atoms with E-state index in [1.165, 1.54) is 30.2 Å². The highest BCUT2D eigenvalue weighted by atomic mass is 32.2. The Morgan fingerprint density at radius 2 is 2.17 bits per heavy atom. The minimum atomic E-state index is -1.81. The normalized spacial score (nSPS) is 24.7. The molecule has 3 atom stereocenters. The zero-order chi connectivity index (χ0) is 26.3. The first kappa shape index (κ1) is 26.0. The molecular weight excluding hydrogens is 480 g/mol. The molecule has 2 aromatic heterocycles. The number of nitrogens with two attached hydrogens (primary N) is 1. The predicted octanol–water partition coefficient (Wildman–Crippen LogP) is 0.752. The Labute approximate surface area is 216 Å². The standard InChI is InChI=1S/C22H20B3FN6O3S/c1-4-5-34-15-9-28-16(11(2)30-15)18(33)31-12-6-13(17(26)29-8-12)20(3)14-7-21(14,36-19(27)32-20)10-35-22(23,24)25/h1,6,8-9,14H,5,7,10H2,2-3H3,(H2,27,32)(H,31,33)/t14-,20+,21+/m0/s1. The number of aromatic nitrogens is 3. The molecule has 3 heterocycles. The van der Waals surface area contributed by atoms with Crippen molar-refractivity contribution < 1.29 is 18.7 Å². The maximum atomic E-state index is 15.0. The number of aliphatic imine (C=N–C) groups is 1. The Bertz CT molecular complexity index is 1290. The van der Waals surface area contributed by atoms with Crippen LogP contribution in [0.2, 0.25) is 0 Å². The van der Waals surface area contributed by atoms with Crippen molar-refractivity contribution in [2.45, 2.75) is 35.9 Å². The molecule has 2 aliphatic rings. The number of fused-ring (bicyclic) bond motifs is 1. The number of amides is 1. The third-order valence-electron chi connectivity index (χ3n) is 6.01. The van der Waals surface area contributed by atoms with E-state index in [0.717, 1.165) is 0 Å². The van der Waals surface area contributed by atoms with Gasteiger partial charge in [0.15, 0.2) is 11.8 Å². The van der Waals surface area contributed by atoms with Crippen molar-refractivity contribution in [1.82, 2.24) is 15.0 Å². The molecule has 1 amide bonds. The van der Waals surface area contributed by atoms with E-state index < -0.39 is 27.4 Å². The van der Waals surface area contributed by atoms with Crippen molar-refractivity contribution in [3.63, 3.8) is 0 Å². The molecule has 6 radical (unpaired) electrons. The Morgan fingerprint density at radius 1 is 1.42 bits per heavy atom. The van der Waals surface area contributed by atoms with Gasteiger partial charge in [0.25, 0.3) is 5.91 Å². The number of anilines is 1. The number of aryl methyl sites for hydroxylation is 1. The van der Waals surface area contributed by atoms with Gasteiger partial charge in [-0.25, -0.2) is 15.0 Å². The van der Waals surface area contributed by atoms with Gasteiger partial charge in [0.1, 0.15) is 5.69 Å². The molecule has 14 heteroatoms. The van der Waals surface area contributed by atoms with E-state index in [1.54, 1.807) is 13.8 Å². The van der Waals surface area contributed by atoms with Crippen molar-refractivity contribution in [2.24, 2.45) is 16.6 Å². The third-order valence-corrected chi connectivity index (χ3v) is 7.28. The fourth-order valence-electron chi connectivity index (χ4n) is 4.26. The van der Waals surface area contributed by atoms with E-state index in [0.29, 0.717) is 12.1 Å². The summed E-state index contributed by atoms with van der Waals surface area (Å²) < 4.78 is 25.1. The molecule has 0 aromatic carbocycles. The first-order chi connectivity index (χ1) is 16.9. The average Bonchev–Trinajstić information content (AvgIpc) is 3.53. The van der Waals surface area contributed by atoms with Crippen LogP contribution in [0.3, 0.4) is 0 Å². The summed E-state index contributed by atoms with van der Waals surface area (Å²) in [6.07, 6.45) is 8.26. The van der Waals surface area contributed by atoms with Crippen molar-refractivity contribution in [2.75, 3.05) is 18.5 Å². The highest BCUT2D eigenvalue weighted by Crippen LogP contribution is 2.66. The Kier molecular flexibility index (Phi) is 6.83. The van der Waals surface area contributed by atoms with Crippen molar-refractivity contribution >= 4 is 52.1 Å². The molecule has 9 nitrogen and oxygen atoms in total. The summed E-state index contributed by atoms with van der Waals surface area (Å²) in [5.41, 5.74) is 5.81. The molecule has 0 unspecified atom stereocenters. The van der Waals surface area contributed by atoms with Crippen LogP contribution < -0.4 is 15.8 Å². The van der Waals surface area contributed by atoms with Gasteiger partial charge in [0.2, 0.25) is 11.8 Å². The number of terminal acetylenes is 1. The number of halogens is 1. The summed E-state index contributed by atoms with van der Waals surface area (Å²) in [6, 6.07) is 1.48. The molecule has 1 aliphatic carbocycles. The minimum Gasteiger partial charge on any atom is -0.463 e. The average molecular weight is 500 g/mol. The summed E-state index contributed by atoms with van der Waals surface area (Å²) in [5, 5.41) is 1.11. The van der Waals surface area contributed by atoms with Gasteiger partial charge in [-0.1, -0.05) is 17.7 Å². The number of amidine groups is 1. The number of hydrogen-bond acceptors (Lipinski definition) is 9. The van der Waals surface area contributed by atoms with Crippen LogP contribution in [0.15, 0.2) is 23.5 Å². The number of carbonyl (C=O) groups is 1. The largest absolute Gasteiger partial charge is 0.463 e. The number of nitrogens with one attached hydrogen (secondary N) is 1. The molecule has 36 heavy (non-hydrogen) atoms. The third kappa shape index (κ3) is 5.22. The first-order valence-corrected chi connectivity index (χ1v) is 11.6. The Balaban J connectivity index is 1.57. The molecular formula is C22H20B3FN6O3S. The van der Waals surface area contributed by atoms with Crippen molar-refractivity contribution in [3.8, 4) is 18.2 Å². The number of hydrogen-bond donors (Lipinski definition) is 2. The molecule has 4 rings (SSSR count). The summed E-state index contributed by atoms with van der Waals surface area (Å²) in [6.45, 7) is 3.48. The number of pyridine rings is 1. The highest BCUT2D eigenvalue weighted by molar-refractivity contribution is 8.15. The Hall–Kier alpha value is -3.04. The van der Waals surface area contributed by atoms with E-state index >= 15 is 4.39 Å². The first-order valence-electron chi connectivity index (χ1n) is 10.8. The quantitative estimate of drug-likeness (QED) is 0.310. The van der Waals surface area contributed by atoms with Crippen LogP contribution in [0.5, 0.6) is 5.88 Å². The van der Waals surface area contributed by atoms with Crippen LogP contribution in [-0.2, 0) is 10.3 Å². The summed E-state index contributed by atoms with van der Waals surface area (Å²) >= 11 is 1.31. The molecule has 0 bridgehead atoms. The molecule has 2 aromatic rings. The topological polar surface area (TPSA) is 125 Å². The van der Waals surface area contributed by atoms with Gasteiger partial charge in [0, 0.05) is 11.5 Å². The zero-order valence-electron chi connectivity index (χ0n) is 19.6. The maximum absolute atomic E-state index is 15.0. The van der Waals surface area contributed by atoms with Crippen LogP contribution in [0, 0.1) is 31.1 Å². The number of carbonyl (C=O) groups excluding carboxylic acids is 1. The van der Waals surface area contributed by atoms with Gasteiger partial charge in [0.05, 0.1) is 64.2 Å². The molecule has 0 spiro atoms. The van der Waals surface area contributed by atoms with Crippen LogP contribution in [0.1, 0.15) is 35.1 Å². The molecule has 178 valence electrons. The van der Waals surface area contributed by atoms with Crippen LogP contribution >= 0.6 is 11.8 Å². The summed E-state index contributed by atoms with van der Waals surface area (Å²) in [5.74, 6) is 1.05. The molecule has 1 fully saturated rings. The number of nitrogens with zero attached hydrogens (tertiary/aromatic N) is 4. The van der Waals surface area contributed by atoms with E-state index in [9.17, 15) is 4.79 Å². The van der Waals surface area contributed by atoms with Gasteiger partial charge in [-0.3, -0.25) is 9.79 Å². The van der Waals surface area contributed by atoms with Gasteiger partial charge in [-0.2, -0.15) is 4.39 Å². The second-order valence-electron chi connectivity index (χ2n) is 8.81. The van der Waals surface area contributed by atoms with Gasteiger partial charge in [-0.05, 0) is 31.6 Å². The Morgan fingerprint density at radius 3 is 2.83 bits per heavy atom. The monoisotopic (exact) mass is 500 g/mol. The predicted molar refractivity (Wildman–Crippen MR) is 137 cm³/mol. The molecule has 0 saturated heterocycles. The summed E-state index contributed by atoms with van der Waals surface area (Å²) in [4.78, 5) is 29.5. The van der Waals surface area contributed by atoms with Crippen LogP contribution in [0.25, 0.3) is 0 Å². The van der Waals surface area contributed by atoms with Crippen molar-refractivity contribution in [3.05, 3.63) is 41.4 Å². The lowest BCUT2D eigenvalue weighted by atomic mass is 9.52. The minimum absolute atomic E-state index is 0.0217. The smallest absolute Gasteiger partial charge is 0.276 e. The lowest BCUT2D eigenvalue weighted by molar-refractivity contribution is 0.102. The highest BCUT2D eigenvalue weighted by Gasteiger charge is 2.67. The van der Waals surface area contributed by atoms with E-state index in [1.807, 2.05) is 0 Å². The lowest BCUT2D eigenvalue weighted by Gasteiger charge is -2.35. The number of rotatable bonds is 8. The van der Waals surface area contributed by atoms with E-state index in [-0.39, 0.29) is 47.1 Å². The van der Waals surface area contributed by atoms with Gasteiger partial charge in [-0.15, -0.1) is 6.42 Å². The lowest BCUT2D eigenvalue weighted by Crippen LogP contribution is -2.42. The van der Waals surface area contributed by atoms with Crippen LogP contribution in [-0.4, -0.2) is 72.8 Å². The van der Waals surface area contributed by atoms with Gasteiger partial charge >= 0.3 is 0 Å². The second kappa shape index (κ2) is 9.44. The number of ether oxygens (including phenoxy) is 2. The fraction of sp³-hybridized carbons (Fsp3) is 0.409. The van der Waals surface area contributed by atoms with Gasteiger partial charge < -0.3 is 20.5 Å². The summed E-state index contributed by atoms with van der Waals surface area (Å²) in [7, 11) is 16.7. The number of thioether (sulfide) groups is 1. The molecule has 1 aliphatic heterocycles. The van der Waals surface area contributed by atoms with E-state index in [4.69, 9.17) is 45.2 Å². The van der Waals surface area contributed by atoms with Crippen molar-refractivity contribution in [1.29, 1.82) is 0 Å².